The van der Waals surface area contributed by atoms with Crippen LogP contribution in [-0.4, -0.2) is 24.6 Å². The molecule has 0 atom stereocenters. The first-order valence-electron chi connectivity index (χ1n) is 11.2. The average molecular weight is 458 g/mol. The summed E-state index contributed by atoms with van der Waals surface area (Å²) in [6.45, 7) is 10.5. The van der Waals surface area contributed by atoms with Crippen molar-refractivity contribution in [3.8, 4) is 5.75 Å². The second-order valence-corrected chi connectivity index (χ2v) is 9.20. The van der Waals surface area contributed by atoms with Gasteiger partial charge in [0.25, 0.3) is 5.91 Å². The largest absolute Gasteiger partial charge is 0.423 e. The molecule has 0 aliphatic heterocycles. The van der Waals surface area contributed by atoms with E-state index in [1.54, 1.807) is 36.4 Å². The van der Waals surface area contributed by atoms with Crippen LogP contribution in [0.3, 0.4) is 0 Å². The first-order valence-corrected chi connectivity index (χ1v) is 11.2. The van der Waals surface area contributed by atoms with Crippen LogP contribution < -0.4 is 15.5 Å². The summed E-state index contributed by atoms with van der Waals surface area (Å²) < 4.78 is 5.46. The van der Waals surface area contributed by atoms with E-state index < -0.39 is 5.97 Å². The Morgan fingerprint density at radius 2 is 1.53 bits per heavy atom. The number of carbonyl (C=O) groups excluding carboxylic acids is 2. The lowest BCUT2D eigenvalue weighted by atomic mass is 9.87. The number of para-hydroxylation sites is 1. The summed E-state index contributed by atoms with van der Waals surface area (Å²) in [5.74, 6) is -0.226. The van der Waals surface area contributed by atoms with Gasteiger partial charge in [-0.1, -0.05) is 51.1 Å². The van der Waals surface area contributed by atoms with E-state index in [4.69, 9.17) is 4.74 Å². The number of carbonyl (C=O) groups is 2. The summed E-state index contributed by atoms with van der Waals surface area (Å²) in [7, 11) is 0. The number of aryl methyl sites for hydroxylation is 2. The molecule has 3 aromatic rings. The van der Waals surface area contributed by atoms with Crippen molar-refractivity contribution in [1.82, 2.24) is 5.43 Å². The fourth-order valence-electron chi connectivity index (χ4n) is 3.37. The Hall–Kier alpha value is -3.93. The Kier molecular flexibility index (Phi) is 7.84. The number of hydrogen-bond donors (Lipinski definition) is 2. The number of nitrogens with zero attached hydrogens (tertiary/aromatic N) is 1. The minimum atomic E-state index is -0.412. The van der Waals surface area contributed by atoms with Gasteiger partial charge in [0.1, 0.15) is 5.75 Å². The van der Waals surface area contributed by atoms with E-state index in [1.165, 1.54) is 6.21 Å². The molecule has 3 rings (SSSR count). The molecular formula is C28H31N3O3. The third-order valence-electron chi connectivity index (χ3n) is 5.39. The van der Waals surface area contributed by atoms with Gasteiger partial charge in [0.2, 0.25) is 0 Å². The van der Waals surface area contributed by atoms with Gasteiger partial charge < -0.3 is 10.1 Å². The topological polar surface area (TPSA) is 79.8 Å². The van der Waals surface area contributed by atoms with Crippen molar-refractivity contribution in [2.75, 3.05) is 11.9 Å². The van der Waals surface area contributed by atoms with Crippen LogP contribution in [0.4, 0.5) is 5.69 Å². The van der Waals surface area contributed by atoms with Crippen molar-refractivity contribution in [1.29, 1.82) is 0 Å². The molecule has 6 nitrogen and oxygen atoms in total. The Bertz CT molecular complexity index is 1150. The summed E-state index contributed by atoms with van der Waals surface area (Å²) in [5, 5.41) is 7.14. The predicted octanol–water partition coefficient (Wildman–Crippen LogP) is 5.38. The van der Waals surface area contributed by atoms with Gasteiger partial charge in [-0.2, -0.15) is 5.10 Å². The van der Waals surface area contributed by atoms with Crippen LogP contribution in [0.2, 0.25) is 0 Å². The third kappa shape index (κ3) is 6.78. The number of ether oxygens (including phenoxy) is 1. The van der Waals surface area contributed by atoms with Gasteiger partial charge in [0.05, 0.1) is 18.3 Å². The molecule has 176 valence electrons. The Morgan fingerprint density at radius 3 is 2.12 bits per heavy atom. The smallest absolute Gasteiger partial charge is 0.343 e. The molecule has 6 heteroatoms. The molecule has 0 aliphatic rings. The molecule has 0 aliphatic carbocycles. The maximum atomic E-state index is 12.4. The van der Waals surface area contributed by atoms with Crippen molar-refractivity contribution >= 4 is 23.8 Å². The molecule has 2 N–H and O–H groups in total. The lowest BCUT2D eigenvalue weighted by Crippen LogP contribution is -2.26. The summed E-state index contributed by atoms with van der Waals surface area (Å²) in [4.78, 5) is 24.5. The Labute approximate surface area is 201 Å². The van der Waals surface area contributed by atoms with Crippen LogP contribution in [0.15, 0.2) is 71.8 Å². The van der Waals surface area contributed by atoms with Crippen molar-refractivity contribution in [3.05, 3.63) is 94.5 Å². The van der Waals surface area contributed by atoms with E-state index in [0.717, 1.165) is 27.9 Å². The Morgan fingerprint density at radius 1 is 0.912 bits per heavy atom. The third-order valence-corrected chi connectivity index (χ3v) is 5.39. The number of hydrogen-bond acceptors (Lipinski definition) is 5. The van der Waals surface area contributed by atoms with Crippen LogP contribution in [0, 0.1) is 13.8 Å². The molecular weight excluding hydrogens is 426 g/mol. The molecule has 0 heterocycles. The van der Waals surface area contributed by atoms with Gasteiger partial charge in [-0.25, -0.2) is 10.2 Å². The molecule has 34 heavy (non-hydrogen) atoms. The summed E-state index contributed by atoms with van der Waals surface area (Å²) >= 11 is 0. The molecule has 0 radical (unpaired) electrons. The van der Waals surface area contributed by atoms with Crippen LogP contribution in [0.1, 0.15) is 53.4 Å². The number of benzene rings is 3. The maximum Gasteiger partial charge on any atom is 0.343 e. The molecule has 0 fully saturated rings. The summed E-state index contributed by atoms with van der Waals surface area (Å²) in [5.41, 5.74) is 8.06. The fourth-order valence-corrected chi connectivity index (χ4v) is 3.37. The zero-order valence-electron chi connectivity index (χ0n) is 20.3. The zero-order chi connectivity index (χ0) is 24.7. The molecule has 3 aromatic carbocycles. The van der Waals surface area contributed by atoms with E-state index >= 15 is 0 Å². The molecule has 0 aromatic heterocycles. The monoisotopic (exact) mass is 457 g/mol. The van der Waals surface area contributed by atoms with E-state index in [0.29, 0.717) is 11.3 Å². The molecule has 0 spiro atoms. The second kappa shape index (κ2) is 10.8. The molecule has 1 amide bonds. The minimum Gasteiger partial charge on any atom is -0.423 e. The normalized spacial score (nSPS) is 11.3. The minimum absolute atomic E-state index is 0.0236. The summed E-state index contributed by atoms with van der Waals surface area (Å²) in [6.07, 6.45) is 1.54. The molecule has 0 saturated carbocycles. The number of hydrazone groups is 1. The van der Waals surface area contributed by atoms with E-state index in [-0.39, 0.29) is 17.9 Å². The van der Waals surface area contributed by atoms with Crippen molar-refractivity contribution in [2.45, 2.75) is 40.0 Å². The maximum absolute atomic E-state index is 12.4. The van der Waals surface area contributed by atoms with Crippen molar-refractivity contribution in [3.63, 3.8) is 0 Å². The van der Waals surface area contributed by atoms with Crippen LogP contribution in [0.25, 0.3) is 0 Å². The van der Waals surface area contributed by atoms with Crippen LogP contribution in [0.5, 0.6) is 5.75 Å². The van der Waals surface area contributed by atoms with Gasteiger partial charge in [-0.3, -0.25) is 4.79 Å². The summed E-state index contributed by atoms with van der Waals surface area (Å²) in [6, 6.07) is 20.3. The van der Waals surface area contributed by atoms with Crippen LogP contribution in [-0.2, 0) is 10.2 Å². The van der Waals surface area contributed by atoms with Crippen LogP contribution >= 0.6 is 0 Å². The van der Waals surface area contributed by atoms with Gasteiger partial charge in [-0.15, -0.1) is 0 Å². The highest BCUT2D eigenvalue weighted by molar-refractivity contribution is 5.91. The number of nitrogens with one attached hydrogen (secondary N) is 2. The highest BCUT2D eigenvalue weighted by atomic mass is 16.5. The zero-order valence-corrected chi connectivity index (χ0v) is 20.3. The number of rotatable bonds is 7. The van der Waals surface area contributed by atoms with Crippen molar-refractivity contribution in [2.24, 2.45) is 5.10 Å². The Balaban J connectivity index is 1.49. The molecule has 0 bridgehead atoms. The lowest BCUT2D eigenvalue weighted by molar-refractivity contribution is -0.119. The second-order valence-electron chi connectivity index (χ2n) is 9.20. The van der Waals surface area contributed by atoms with Gasteiger partial charge in [-0.05, 0) is 77.9 Å². The highest BCUT2D eigenvalue weighted by Crippen LogP contribution is 2.23. The SMILES string of the molecule is Cc1cccc(C)c1NCC(=O)N/N=C\c1ccc(OC(=O)c2ccc(C(C)(C)C)cc2)cc1. The number of esters is 1. The van der Waals surface area contributed by atoms with Gasteiger partial charge in [0.15, 0.2) is 0 Å². The first kappa shape index (κ1) is 24.7. The lowest BCUT2D eigenvalue weighted by Gasteiger charge is -2.18. The standard InChI is InChI=1S/C28H31N3O3/c1-19-7-6-8-20(2)26(19)29-18-25(32)31-30-17-21-9-15-24(16-10-21)34-27(33)22-11-13-23(14-12-22)28(3,4)5/h6-17,29H,18H2,1-5H3,(H,31,32)/b30-17-. The average Bonchev–Trinajstić information content (AvgIpc) is 2.79. The number of anilines is 1. The quantitative estimate of drug-likeness (QED) is 0.216. The fraction of sp³-hybridized carbons (Fsp3) is 0.250. The van der Waals surface area contributed by atoms with E-state index in [2.05, 4.69) is 36.6 Å². The highest BCUT2D eigenvalue weighted by Gasteiger charge is 2.15. The van der Waals surface area contributed by atoms with E-state index in [9.17, 15) is 9.59 Å². The number of amides is 1. The molecule has 0 saturated heterocycles. The van der Waals surface area contributed by atoms with Crippen molar-refractivity contribution < 1.29 is 14.3 Å². The molecule has 0 unspecified atom stereocenters. The van der Waals surface area contributed by atoms with Gasteiger partial charge >= 0.3 is 5.97 Å². The van der Waals surface area contributed by atoms with Gasteiger partial charge in [0, 0.05) is 5.69 Å². The first-order chi connectivity index (χ1) is 16.1. The van der Waals surface area contributed by atoms with E-state index in [1.807, 2.05) is 44.2 Å². The predicted molar refractivity (Wildman–Crippen MR) is 137 cm³/mol.